The Morgan fingerprint density at radius 2 is 1.70 bits per heavy atom. The first kappa shape index (κ1) is 31.9. The number of hydrogen-bond acceptors (Lipinski definition) is 6. The number of carbonyl (C=O) groups excluding carboxylic acids is 3. The van der Waals surface area contributed by atoms with Gasteiger partial charge in [-0.1, -0.05) is 80.4 Å². The number of likely N-dealkylation sites (tertiary alicyclic amines) is 1. The smallest absolute Gasteiger partial charge is 0.250 e. The number of anilines is 1. The van der Waals surface area contributed by atoms with Crippen molar-refractivity contribution in [1.82, 2.24) is 19.8 Å². The zero-order chi connectivity index (χ0) is 30.8. The van der Waals surface area contributed by atoms with Crippen molar-refractivity contribution >= 4 is 23.5 Å². The molecule has 1 aliphatic rings. The summed E-state index contributed by atoms with van der Waals surface area (Å²) in [5, 5.41) is 5.48. The molecule has 0 aliphatic carbocycles. The molecule has 230 valence electrons. The number of carbonyl (C=O) groups is 3. The lowest BCUT2D eigenvalue weighted by Crippen LogP contribution is -2.56. The van der Waals surface area contributed by atoms with Gasteiger partial charge in [0.05, 0.1) is 25.1 Å². The van der Waals surface area contributed by atoms with E-state index in [1.807, 2.05) is 65.6 Å². The van der Waals surface area contributed by atoms with Crippen LogP contribution < -0.4 is 16.4 Å². The van der Waals surface area contributed by atoms with Crippen molar-refractivity contribution in [1.29, 1.82) is 0 Å². The molecule has 3 amide bonds. The fourth-order valence-electron chi connectivity index (χ4n) is 5.25. The highest BCUT2D eigenvalue weighted by Gasteiger charge is 2.32. The van der Waals surface area contributed by atoms with E-state index in [2.05, 4.69) is 22.5 Å². The summed E-state index contributed by atoms with van der Waals surface area (Å²) < 4.78 is 7.51. The van der Waals surface area contributed by atoms with E-state index in [9.17, 15) is 14.4 Å². The van der Waals surface area contributed by atoms with Gasteiger partial charge >= 0.3 is 0 Å². The predicted molar refractivity (Wildman–Crippen MR) is 166 cm³/mol. The van der Waals surface area contributed by atoms with Crippen molar-refractivity contribution in [3.63, 3.8) is 0 Å². The molecule has 0 radical (unpaired) electrons. The minimum absolute atomic E-state index is 0.000976. The van der Waals surface area contributed by atoms with Crippen LogP contribution in [-0.4, -0.2) is 63.4 Å². The monoisotopic (exact) mass is 588 g/mol. The third kappa shape index (κ3) is 8.98. The summed E-state index contributed by atoms with van der Waals surface area (Å²) in [5.41, 5.74) is 6.56. The van der Waals surface area contributed by atoms with Gasteiger partial charge in [-0.05, 0) is 43.7 Å². The van der Waals surface area contributed by atoms with Crippen molar-refractivity contribution in [2.24, 2.45) is 11.7 Å². The van der Waals surface area contributed by atoms with Crippen LogP contribution in [0, 0.1) is 5.92 Å². The van der Waals surface area contributed by atoms with Crippen molar-refractivity contribution < 1.29 is 19.1 Å². The van der Waals surface area contributed by atoms with Crippen molar-refractivity contribution in [3.05, 3.63) is 84.3 Å². The Bertz CT molecular complexity index is 1330. The summed E-state index contributed by atoms with van der Waals surface area (Å²) in [4.78, 5) is 46.2. The topological polar surface area (TPSA) is 132 Å². The third-order valence-electron chi connectivity index (χ3n) is 7.73. The molecule has 1 saturated heterocycles. The summed E-state index contributed by atoms with van der Waals surface area (Å²) in [5.74, 6) is -0.0690. The van der Waals surface area contributed by atoms with Crippen LogP contribution in [0.25, 0.3) is 0 Å². The predicted octanol–water partition coefficient (Wildman–Crippen LogP) is 3.89. The lowest BCUT2D eigenvalue weighted by molar-refractivity contribution is -0.135. The number of ether oxygens (including phenoxy) is 1. The van der Waals surface area contributed by atoms with Gasteiger partial charge in [-0.15, -0.1) is 0 Å². The van der Waals surface area contributed by atoms with Gasteiger partial charge in [-0.2, -0.15) is 0 Å². The van der Waals surface area contributed by atoms with Crippen LogP contribution in [0.3, 0.4) is 0 Å². The maximum atomic E-state index is 13.9. The lowest BCUT2D eigenvalue weighted by Gasteiger charge is -2.34. The molecule has 3 aromatic rings. The number of nitrogens with one attached hydrogen (secondary N) is 2. The Morgan fingerprint density at radius 1 is 1.05 bits per heavy atom. The standard InChI is InChI=1S/C33H44N6O4/c1-4-11-24-16-18-38(19-17-24)31(41)29(26-14-9-6-10-15-26)39-20-28(35-23-39)37-30(40)27(36-32(42)33(2,3)34)22-43-21-25-12-7-5-8-13-25/h5-10,12-15,20,23-24,27,29H,4,11,16-19,21-22,34H2,1-3H3,(H,36,42)(H,37,40). The van der Waals surface area contributed by atoms with Crippen LogP contribution >= 0.6 is 0 Å². The molecule has 0 bridgehead atoms. The second-order valence-corrected chi connectivity index (χ2v) is 11.8. The van der Waals surface area contributed by atoms with Gasteiger partial charge in [0.1, 0.15) is 12.1 Å². The fraction of sp³-hybridized carbons (Fsp3) is 0.455. The Kier molecular flexibility index (Phi) is 11.1. The Balaban J connectivity index is 1.48. The number of nitrogens with two attached hydrogens (primary N) is 1. The Morgan fingerprint density at radius 3 is 2.33 bits per heavy atom. The summed E-state index contributed by atoms with van der Waals surface area (Å²) >= 11 is 0. The zero-order valence-corrected chi connectivity index (χ0v) is 25.4. The third-order valence-corrected chi connectivity index (χ3v) is 7.73. The number of rotatable bonds is 13. The molecule has 0 saturated carbocycles. The van der Waals surface area contributed by atoms with Gasteiger partial charge in [0, 0.05) is 19.3 Å². The molecule has 4 N–H and O–H groups in total. The van der Waals surface area contributed by atoms with E-state index in [0.29, 0.717) is 5.92 Å². The van der Waals surface area contributed by atoms with Gasteiger partial charge in [-0.3, -0.25) is 14.4 Å². The van der Waals surface area contributed by atoms with E-state index in [-0.39, 0.29) is 24.9 Å². The molecular formula is C33H44N6O4. The molecule has 10 heteroatoms. The second kappa shape index (κ2) is 14.9. The molecule has 1 aromatic heterocycles. The Hall–Kier alpha value is -4.02. The lowest BCUT2D eigenvalue weighted by atomic mass is 9.92. The molecule has 0 spiro atoms. The highest BCUT2D eigenvalue weighted by molar-refractivity contribution is 5.98. The average molecular weight is 589 g/mol. The van der Waals surface area contributed by atoms with Crippen LogP contribution in [0.4, 0.5) is 5.82 Å². The first-order valence-electron chi connectivity index (χ1n) is 15.0. The van der Waals surface area contributed by atoms with Crippen LogP contribution in [0.2, 0.25) is 0 Å². The quantitative estimate of drug-likeness (QED) is 0.278. The van der Waals surface area contributed by atoms with Gasteiger partial charge in [0.25, 0.3) is 5.91 Å². The summed E-state index contributed by atoms with van der Waals surface area (Å²) in [6.07, 6.45) is 7.56. The van der Waals surface area contributed by atoms with Gasteiger partial charge in [0.2, 0.25) is 11.8 Å². The molecule has 43 heavy (non-hydrogen) atoms. The molecule has 2 heterocycles. The van der Waals surface area contributed by atoms with E-state index in [0.717, 1.165) is 43.5 Å². The SMILES string of the molecule is CCCC1CCN(C(=O)C(c2ccccc2)n2cnc(NC(=O)C(COCc3ccccc3)NC(=O)C(C)(C)N)c2)CC1. The van der Waals surface area contributed by atoms with Crippen molar-refractivity contribution in [2.75, 3.05) is 25.0 Å². The number of hydrogen-bond donors (Lipinski definition) is 3. The molecule has 2 unspecified atom stereocenters. The molecule has 2 atom stereocenters. The zero-order valence-electron chi connectivity index (χ0n) is 25.4. The van der Waals surface area contributed by atoms with Crippen LogP contribution in [0.15, 0.2) is 73.2 Å². The number of piperidine rings is 1. The van der Waals surface area contributed by atoms with E-state index < -0.39 is 29.4 Å². The average Bonchev–Trinajstić information content (AvgIpc) is 3.45. The maximum absolute atomic E-state index is 13.9. The molecular weight excluding hydrogens is 544 g/mol. The maximum Gasteiger partial charge on any atom is 0.250 e. The van der Waals surface area contributed by atoms with E-state index in [1.54, 1.807) is 30.9 Å². The van der Waals surface area contributed by atoms with Crippen LogP contribution in [0.1, 0.15) is 63.6 Å². The van der Waals surface area contributed by atoms with Crippen LogP contribution in [0.5, 0.6) is 0 Å². The first-order valence-corrected chi connectivity index (χ1v) is 15.0. The highest BCUT2D eigenvalue weighted by Crippen LogP contribution is 2.27. The number of aromatic nitrogens is 2. The van der Waals surface area contributed by atoms with Gasteiger partial charge < -0.3 is 30.6 Å². The summed E-state index contributed by atoms with van der Waals surface area (Å²) in [6.45, 7) is 7.00. The minimum atomic E-state index is -1.19. The van der Waals surface area contributed by atoms with Gasteiger partial charge in [-0.25, -0.2) is 4.98 Å². The van der Waals surface area contributed by atoms with E-state index in [1.165, 1.54) is 6.42 Å². The highest BCUT2D eigenvalue weighted by atomic mass is 16.5. The Labute approximate surface area is 254 Å². The first-order chi connectivity index (χ1) is 20.7. The number of imidazole rings is 1. The number of amides is 3. The molecule has 4 rings (SSSR count). The van der Waals surface area contributed by atoms with Crippen molar-refractivity contribution in [3.8, 4) is 0 Å². The number of benzene rings is 2. The fourth-order valence-corrected chi connectivity index (χ4v) is 5.25. The normalized spacial score (nSPS) is 15.5. The van der Waals surface area contributed by atoms with Crippen LogP contribution in [-0.2, 0) is 25.7 Å². The molecule has 2 aromatic carbocycles. The minimum Gasteiger partial charge on any atom is -0.374 e. The summed E-state index contributed by atoms with van der Waals surface area (Å²) in [6, 6.07) is 17.5. The molecule has 10 nitrogen and oxygen atoms in total. The van der Waals surface area contributed by atoms with Crippen molar-refractivity contribution in [2.45, 2.75) is 70.7 Å². The van der Waals surface area contributed by atoms with Gasteiger partial charge in [0.15, 0.2) is 5.82 Å². The summed E-state index contributed by atoms with van der Waals surface area (Å²) in [7, 11) is 0. The largest absolute Gasteiger partial charge is 0.374 e. The second-order valence-electron chi connectivity index (χ2n) is 11.8. The molecule has 1 fully saturated rings. The van der Waals surface area contributed by atoms with E-state index >= 15 is 0 Å². The molecule has 1 aliphatic heterocycles. The van der Waals surface area contributed by atoms with E-state index in [4.69, 9.17) is 10.5 Å². The number of nitrogens with zero attached hydrogens (tertiary/aromatic N) is 3.